The van der Waals surface area contributed by atoms with Gasteiger partial charge in [-0.05, 0) is 12.5 Å². The number of amides is 1. The van der Waals surface area contributed by atoms with Crippen LogP contribution in [0.2, 0.25) is 0 Å². The van der Waals surface area contributed by atoms with Crippen LogP contribution in [0.4, 0.5) is 0 Å². The Bertz CT molecular complexity index is 342. The van der Waals surface area contributed by atoms with E-state index < -0.39 is 0 Å². The Hall–Kier alpha value is -1.62. The first-order chi connectivity index (χ1) is 7.72. The standard InChI is InChI=1S/C11H16N2O3/c1-16-7-3-5-12-11(15)9-13-6-2-4-10(14)8-13/h2,4,6,8H,3,5,7,9H2,1H3,(H-,12,14,15)/p+1. The quantitative estimate of drug-likeness (QED) is 0.522. The maximum atomic E-state index is 11.4. The van der Waals surface area contributed by atoms with E-state index in [4.69, 9.17) is 4.74 Å². The Kier molecular flexibility index (Phi) is 5.28. The molecule has 0 aliphatic carbocycles. The lowest BCUT2D eigenvalue weighted by atomic mass is 10.4. The van der Waals surface area contributed by atoms with E-state index in [1.54, 1.807) is 30.0 Å². The van der Waals surface area contributed by atoms with E-state index in [0.29, 0.717) is 13.2 Å². The summed E-state index contributed by atoms with van der Waals surface area (Å²) in [5, 5.41) is 12.0. The number of carbonyl (C=O) groups excluding carboxylic acids is 1. The molecular formula is C11H17N2O3+. The Morgan fingerprint density at radius 2 is 2.44 bits per heavy atom. The summed E-state index contributed by atoms with van der Waals surface area (Å²) in [6.45, 7) is 1.45. The molecule has 0 unspecified atom stereocenters. The molecule has 1 amide bonds. The van der Waals surface area contributed by atoms with Crippen LogP contribution in [-0.2, 0) is 16.1 Å². The van der Waals surface area contributed by atoms with Crippen molar-refractivity contribution < 1.29 is 19.2 Å². The van der Waals surface area contributed by atoms with Gasteiger partial charge in [0.05, 0.1) is 0 Å². The van der Waals surface area contributed by atoms with Gasteiger partial charge in [0.25, 0.3) is 5.91 Å². The highest BCUT2D eigenvalue weighted by atomic mass is 16.5. The van der Waals surface area contributed by atoms with E-state index in [1.165, 1.54) is 6.20 Å². The van der Waals surface area contributed by atoms with Crippen molar-refractivity contribution in [2.45, 2.75) is 13.0 Å². The first-order valence-corrected chi connectivity index (χ1v) is 5.16. The van der Waals surface area contributed by atoms with Crippen LogP contribution in [-0.4, -0.2) is 31.3 Å². The number of aromatic hydroxyl groups is 1. The molecule has 0 saturated heterocycles. The van der Waals surface area contributed by atoms with Crippen LogP contribution in [0.5, 0.6) is 5.75 Å². The number of hydrogen-bond donors (Lipinski definition) is 2. The van der Waals surface area contributed by atoms with Gasteiger partial charge in [-0.15, -0.1) is 0 Å². The summed E-state index contributed by atoms with van der Waals surface area (Å²) in [6, 6.07) is 3.25. The fourth-order valence-corrected chi connectivity index (χ4v) is 1.27. The van der Waals surface area contributed by atoms with Crippen LogP contribution < -0.4 is 9.88 Å². The summed E-state index contributed by atoms with van der Waals surface area (Å²) in [5.41, 5.74) is 0. The highest BCUT2D eigenvalue weighted by Gasteiger charge is 2.08. The molecule has 0 aliphatic heterocycles. The largest absolute Gasteiger partial charge is 0.503 e. The van der Waals surface area contributed by atoms with Gasteiger partial charge in [0, 0.05) is 26.3 Å². The smallest absolute Gasteiger partial charge is 0.285 e. The van der Waals surface area contributed by atoms with Gasteiger partial charge in [-0.25, -0.2) is 0 Å². The maximum absolute atomic E-state index is 11.4. The van der Waals surface area contributed by atoms with Gasteiger partial charge in [0.1, 0.15) is 0 Å². The zero-order valence-corrected chi connectivity index (χ0v) is 9.35. The summed E-state index contributed by atoms with van der Waals surface area (Å²) in [5.74, 6) is 0.0707. The lowest BCUT2D eigenvalue weighted by molar-refractivity contribution is -0.684. The summed E-state index contributed by atoms with van der Waals surface area (Å²) in [7, 11) is 1.63. The van der Waals surface area contributed by atoms with Crippen LogP contribution in [0.1, 0.15) is 6.42 Å². The SMILES string of the molecule is COCCCNC(=O)C[n+]1cccc(O)c1. The number of hydrogen-bond acceptors (Lipinski definition) is 3. The second-order valence-electron chi connectivity index (χ2n) is 3.43. The molecule has 1 aromatic rings. The summed E-state index contributed by atoms with van der Waals surface area (Å²) < 4.78 is 6.49. The fraction of sp³-hybridized carbons (Fsp3) is 0.455. The Balaban J connectivity index is 2.29. The van der Waals surface area contributed by atoms with Gasteiger partial charge >= 0.3 is 0 Å². The number of rotatable bonds is 6. The summed E-state index contributed by atoms with van der Waals surface area (Å²) >= 11 is 0. The number of aromatic nitrogens is 1. The third kappa shape index (κ3) is 4.75. The van der Waals surface area contributed by atoms with Crippen molar-refractivity contribution in [1.29, 1.82) is 0 Å². The molecule has 5 nitrogen and oxygen atoms in total. The molecule has 2 N–H and O–H groups in total. The molecule has 0 fully saturated rings. The minimum atomic E-state index is -0.0771. The van der Waals surface area contributed by atoms with Crippen molar-refractivity contribution in [3.05, 3.63) is 24.5 Å². The van der Waals surface area contributed by atoms with Gasteiger partial charge in [-0.2, -0.15) is 4.57 Å². The fourth-order valence-electron chi connectivity index (χ4n) is 1.27. The third-order valence-electron chi connectivity index (χ3n) is 2.02. The number of pyridine rings is 1. The molecule has 0 spiro atoms. The van der Waals surface area contributed by atoms with Crippen LogP contribution in [0.25, 0.3) is 0 Å². The van der Waals surface area contributed by atoms with Crippen molar-refractivity contribution in [3.8, 4) is 5.75 Å². The Morgan fingerprint density at radius 3 is 3.12 bits per heavy atom. The number of nitrogens with one attached hydrogen (secondary N) is 1. The van der Waals surface area contributed by atoms with Crippen molar-refractivity contribution in [1.82, 2.24) is 5.32 Å². The predicted molar refractivity (Wildman–Crippen MR) is 57.8 cm³/mol. The molecule has 16 heavy (non-hydrogen) atoms. The number of carbonyl (C=O) groups is 1. The molecule has 0 atom stereocenters. The lowest BCUT2D eigenvalue weighted by Gasteiger charge is -2.02. The monoisotopic (exact) mass is 225 g/mol. The van der Waals surface area contributed by atoms with Crippen LogP contribution in [0, 0.1) is 0 Å². The van der Waals surface area contributed by atoms with Crippen LogP contribution in [0.15, 0.2) is 24.5 Å². The van der Waals surface area contributed by atoms with Crippen LogP contribution in [0.3, 0.4) is 0 Å². The van der Waals surface area contributed by atoms with Gasteiger partial charge in [0.2, 0.25) is 12.7 Å². The normalized spacial score (nSPS) is 10.1. The third-order valence-corrected chi connectivity index (χ3v) is 2.02. The maximum Gasteiger partial charge on any atom is 0.285 e. The van der Waals surface area contributed by atoms with Gasteiger partial charge < -0.3 is 15.2 Å². The molecule has 0 saturated carbocycles. The lowest BCUT2D eigenvalue weighted by Crippen LogP contribution is -2.42. The van der Waals surface area contributed by atoms with Crippen molar-refractivity contribution in [2.75, 3.05) is 20.3 Å². The summed E-state index contributed by atoms with van der Waals surface area (Å²) in [4.78, 5) is 11.4. The van der Waals surface area contributed by atoms with E-state index in [0.717, 1.165) is 6.42 Å². The number of nitrogens with zero attached hydrogens (tertiary/aromatic N) is 1. The predicted octanol–water partition coefficient (Wildman–Crippen LogP) is -0.168. The molecule has 0 radical (unpaired) electrons. The van der Waals surface area contributed by atoms with E-state index in [9.17, 15) is 9.90 Å². The number of methoxy groups -OCH3 is 1. The minimum absolute atomic E-state index is 0.0771. The molecule has 1 aromatic heterocycles. The first-order valence-electron chi connectivity index (χ1n) is 5.16. The molecule has 1 heterocycles. The van der Waals surface area contributed by atoms with E-state index in [1.807, 2.05) is 0 Å². The van der Waals surface area contributed by atoms with Gasteiger partial charge in [-0.1, -0.05) is 0 Å². The zero-order valence-electron chi connectivity index (χ0n) is 9.35. The Morgan fingerprint density at radius 1 is 1.62 bits per heavy atom. The van der Waals surface area contributed by atoms with Gasteiger partial charge in [0.15, 0.2) is 11.9 Å². The van der Waals surface area contributed by atoms with E-state index in [-0.39, 0.29) is 18.2 Å². The van der Waals surface area contributed by atoms with Crippen molar-refractivity contribution >= 4 is 5.91 Å². The molecular weight excluding hydrogens is 208 g/mol. The summed E-state index contributed by atoms with van der Waals surface area (Å²) in [6.07, 6.45) is 4.04. The van der Waals surface area contributed by atoms with E-state index in [2.05, 4.69) is 5.32 Å². The molecule has 0 bridgehead atoms. The molecule has 0 aliphatic rings. The topological polar surface area (TPSA) is 62.4 Å². The average molecular weight is 225 g/mol. The molecule has 5 heteroatoms. The number of ether oxygens (including phenoxy) is 1. The van der Waals surface area contributed by atoms with E-state index >= 15 is 0 Å². The molecule has 1 rings (SSSR count). The molecule has 0 aromatic carbocycles. The van der Waals surface area contributed by atoms with Gasteiger partial charge in [-0.3, -0.25) is 4.79 Å². The second kappa shape index (κ2) is 6.79. The Labute approximate surface area is 94.7 Å². The minimum Gasteiger partial charge on any atom is -0.503 e. The highest BCUT2D eigenvalue weighted by Crippen LogP contribution is 1.99. The first kappa shape index (κ1) is 12.4. The van der Waals surface area contributed by atoms with Crippen molar-refractivity contribution in [2.24, 2.45) is 0 Å². The van der Waals surface area contributed by atoms with Crippen molar-refractivity contribution in [3.63, 3.8) is 0 Å². The average Bonchev–Trinajstić information content (AvgIpc) is 2.24. The zero-order chi connectivity index (χ0) is 11.8. The highest BCUT2D eigenvalue weighted by molar-refractivity contribution is 5.74. The second-order valence-corrected chi connectivity index (χ2v) is 3.43. The molecule has 88 valence electrons. The van der Waals surface area contributed by atoms with Crippen LogP contribution >= 0.6 is 0 Å².